The summed E-state index contributed by atoms with van der Waals surface area (Å²) in [6.45, 7) is -0.645. The van der Waals surface area contributed by atoms with E-state index in [2.05, 4.69) is 4.74 Å². The smallest absolute Gasteiger partial charge is 0.340 e. The number of esters is 1. The summed E-state index contributed by atoms with van der Waals surface area (Å²) in [5.41, 5.74) is 10.5. The van der Waals surface area contributed by atoms with Gasteiger partial charge in [0.25, 0.3) is 5.91 Å². The number of anilines is 1. The van der Waals surface area contributed by atoms with Crippen molar-refractivity contribution >= 4 is 35.2 Å². The van der Waals surface area contributed by atoms with Gasteiger partial charge < -0.3 is 16.2 Å². The Hall–Kier alpha value is -2.28. The minimum absolute atomic E-state index is 0.0365. The third-order valence-corrected chi connectivity index (χ3v) is 2.07. The van der Waals surface area contributed by atoms with Gasteiger partial charge in [0.1, 0.15) is 0 Å². The van der Waals surface area contributed by atoms with Crippen molar-refractivity contribution in [3.05, 3.63) is 28.8 Å². The molecular weight excluding hydrogens is 262 g/mol. The van der Waals surface area contributed by atoms with E-state index in [-0.39, 0.29) is 11.3 Å². The predicted octanol–water partition coefficient (Wildman–Crippen LogP) is 0.274. The van der Waals surface area contributed by atoms with E-state index in [1.54, 1.807) is 5.32 Å². The standard InChI is InChI=1S/C10H10ClN3O4/c11-5-1-2-7(12)6(3-5)9(16)18-4-8(15)14-10(13)17/h1-3H,4,12H2,(H3,13,14,15,17). The topological polar surface area (TPSA) is 125 Å². The van der Waals surface area contributed by atoms with Crippen LogP contribution in [0, 0.1) is 0 Å². The summed E-state index contributed by atoms with van der Waals surface area (Å²) in [5, 5.41) is 2.04. The molecule has 18 heavy (non-hydrogen) atoms. The molecule has 1 aromatic carbocycles. The zero-order chi connectivity index (χ0) is 13.7. The van der Waals surface area contributed by atoms with Crippen LogP contribution in [-0.4, -0.2) is 24.5 Å². The van der Waals surface area contributed by atoms with Crippen molar-refractivity contribution in [1.29, 1.82) is 0 Å². The largest absolute Gasteiger partial charge is 0.452 e. The van der Waals surface area contributed by atoms with Crippen molar-refractivity contribution in [2.75, 3.05) is 12.3 Å². The molecule has 0 radical (unpaired) electrons. The first-order valence-corrected chi connectivity index (χ1v) is 5.09. The molecule has 3 amide bonds. The van der Waals surface area contributed by atoms with Crippen molar-refractivity contribution in [3.63, 3.8) is 0 Å². The number of urea groups is 1. The molecule has 96 valence electrons. The summed E-state index contributed by atoms with van der Waals surface area (Å²) in [5.74, 6) is -1.66. The second-order valence-corrected chi connectivity index (χ2v) is 3.66. The van der Waals surface area contributed by atoms with Gasteiger partial charge in [0, 0.05) is 10.7 Å². The van der Waals surface area contributed by atoms with Gasteiger partial charge in [-0.05, 0) is 18.2 Å². The van der Waals surface area contributed by atoms with E-state index in [1.807, 2.05) is 0 Å². The van der Waals surface area contributed by atoms with Crippen molar-refractivity contribution in [1.82, 2.24) is 5.32 Å². The molecule has 0 unspecified atom stereocenters. The lowest BCUT2D eigenvalue weighted by atomic mass is 10.2. The molecule has 1 rings (SSSR count). The normalized spacial score (nSPS) is 9.61. The number of ether oxygens (including phenoxy) is 1. The number of hydrogen-bond acceptors (Lipinski definition) is 5. The molecule has 0 spiro atoms. The van der Waals surface area contributed by atoms with Gasteiger partial charge in [-0.15, -0.1) is 0 Å². The summed E-state index contributed by atoms with van der Waals surface area (Å²) in [7, 11) is 0. The number of amides is 3. The maximum Gasteiger partial charge on any atom is 0.340 e. The molecule has 7 nitrogen and oxygen atoms in total. The third kappa shape index (κ3) is 3.95. The Labute approximate surface area is 107 Å². The van der Waals surface area contributed by atoms with Crippen LogP contribution >= 0.6 is 11.6 Å². The zero-order valence-corrected chi connectivity index (χ0v) is 9.86. The highest BCUT2D eigenvalue weighted by Crippen LogP contribution is 2.18. The van der Waals surface area contributed by atoms with Crippen LogP contribution in [0.1, 0.15) is 10.4 Å². The highest BCUT2D eigenvalue weighted by Gasteiger charge is 2.14. The number of carbonyl (C=O) groups is 3. The Morgan fingerprint density at radius 2 is 2.00 bits per heavy atom. The average molecular weight is 272 g/mol. The van der Waals surface area contributed by atoms with E-state index >= 15 is 0 Å². The number of nitrogen functional groups attached to an aromatic ring is 1. The molecule has 0 saturated carbocycles. The summed E-state index contributed by atoms with van der Waals surface area (Å²) < 4.78 is 4.63. The molecule has 0 fully saturated rings. The first-order valence-electron chi connectivity index (χ1n) is 4.71. The van der Waals surface area contributed by atoms with Crippen LogP contribution in [0.25, 0.3) is 0 Å². The fraction of sp³-hybridized carbons (Fsp3) is 0.100. The summed E-state index contributed by atoms with van der Waals surface area (Å²) in [4.78, 5) is 32.9. The number of hydrogen-bond donors (Lipinski definition) is 3. The van der Waals surface area contributed by atoms with E-state index < -0.39 is 24.5 Å². The quantitative estimate of drug-likeness (QED) is 0.538. The minimum Gasteiger partial charge on any atom is -0.452 e. The van der Waals surface area contributed by atoms with Gasteiger partial charge in [0.2, 0.25) is 0 Å². The van der Waals surface area contributed by atoms with Crippen LogP contribution in [0.3, 0.4) is 0 Å². The van der Waals surface area contributed by atoms with Gasteiger partial charge >= 0.3 is 12.0 Å². The van der Waals surface area contributed by atoms with Crippen LogP contribution in [0.5, 0.6) is 0 Å². The number of nitrogens with two attached hydrogens (primary N) is 2. The Bertz CT molecular complexity index is 504. The first-order chi connectivity index (χ1) is 8.40. The Balaban J connectivity index is 2.63. The van der Waals surface area contributed by atoms with Crippen LogP contribution in [0.15, 0.2) is 18.2 Å². The van der Waals surface area contributed by atoms with Crippen LogP contribution in [0.2, 0.25) is 5.02 Å². The molecule has 0 atom stereocenters. The van der Waals surface area contributed by atoms with E-state index in [0.717, 1.165) is 0 Å². The van der Waals surface area contributed by atoms with E-state index in [0.29, 0.717) is 5.02 Å². The van der Waals surface area contributed by atoms with Gasteiger partial charge in [0.05, 0.1) is 5.56 Å². The molecule has 0 bridgehead atoms. The lowest BCUT2D eigenvalue weighted by Gasteiger charge is -2.06. The van der Waals surface area contributed by atoms with Gasteiger partial charge in [-0.1, -0.05) is 11.6 Å². The van der Waals surface area contributed by atoms with Crippen molar-refractivity contribution < 1.29 is 19.1 Å². The highest BCUT2D eigenvalue weighted by molar-refractivity contribution is 6.31. The predicted molar refractivity (Wildman–Crippen MR) is 63.9 cm³/mol. The second kappa shape index (κ2) is 5.87. The van der Waals surface area contributed by atoms with Crippen LogP contribution < -0.4 is 16.8 Å². The highest BCUT2D eigenvalue weighted by atomic mass is 35.5. The maximum absolute atomic E-state index is 11.6. The monoisotopic (exact) mass is 271 g/mol. The third-order valence-electron chi connectivity index (χ3n) is 1.83. The first kappa shape index (κ1) is 13.8. The molecule has 8 heteroatoms. The SMILES string of the molecule is NC(=O)NC(=O)COC(=O)c1cc(Cl)ccc1N. The maximum atomic E-state index is 11.6. The molecule has 0 aliphatic rings. The molecule has 0 aliphatic carbocycles. The zero-order valence-electron chi connectivity index (χ0n) is 9.10. The molecule has 0 aromatic heterocycles. The number of imide groups is 1. The lowest BCUT2D eigenvalue weighted by molar-refractivity contribution is -0.123. The molecular formula is C10H10ClN3O4. The lowest BCUT2D eigenvalue weighted by Crippen LogP contribution is -2.37. The summed E-state index contributed by atoms with van der Waals surface area (Å²) in [6, 6.07) is 3.22. The van der Waals surface area contributed by atoms with Gasteiger partial charge in [-0.25, -0.2) is 9.59 Å². The average Bonchev–Trinajstić information content (AvgIpc) is 2.28. The second-order valence-electron chi connectivity index (χ2n) is 3.22. The summed E-state index contributed by atoms with van der Waals surface area (Å²) >= 11 is 5.69. The molecule has 5 N–H and O–H groups in total. The molecule has 1 aromatic rings. The van der Waals surface area contributed by atoms with E-state index in [9.17, 15) is 14.4 Å². The van der Waals surface area contributed by atoms with Crippen molar-refractivity contribution in [2.45, 2.75) is 0 Å². The Morgan fingerprint density at radius 3 is 2.61 bits per heavy atom. The van der Waals surface area contributed by atoms with Gasteiger partial charge in [0.15, 0.2) is 6.61 Å². The molecule has 0 heterocycles. The number of nitrogens with one attached hydrogen (secondary N) is 1. The minimum atomic E-state index is -1.03. The molecule has 0 saturated heterocycles. The fourth-order valence-corrected chi connectivity index (χ4v) is 1.26. The number of primary amides is 1. The number of rotatable bonds is 3. The fourth-order valence-electron chi connectivity index (χ4n) is 1.09. The number of carbonyl (C=O) groups excluding carboxylic acids is 3. The molecule has 0 aliphatic heterocycles. The number of halogens is 1. The van der Waals surface area contributed by atoms with Crippen molar-refractivity contribution in [2.24, 2.45) is 5.73 Å². The Morgan fingerprint density at radius 1 is 1.33 bits per heavy atom. The van der Waals surface area contributed by atoms with Crippen LogP contribution in [0.4, 0.5) is 10.5 Å². The Kier molecular flexibility index (Phi) is 4.50. The van der Waals surface area contributed by atoms with Gasteiger partial charge in [-0.3, -0.25) is 10.1 Å². The summed E-state index contributed by atoms with van der Waals surface area (Å²) in [6.07, 6.45) is 0. The van der Waals surface area contributed by atoms with Crippen LogP contribution in [-0.2, 0) is 9.53 Å². The van der Waals surface area contributed by atoms with E-state index in [4.69, 9.17) is 23.1 Å². The van der Waals surface area contributed by atoms with E-state index in [1.165, 1.54) is 18.2 Å². The van der Waals surface area contributed by atoms with Crippen molar-refractivity contribution in [3.8, 4) is 0 Å². The number of benzene rings is 1. The van der Waals surface area contributed by atoms with Gasteiger partial charge in [-0.2, -0.15) is 0 Å².